The van der Waals surface area contributed by atoms with Crippen LogP contribution in [0.2, 0.25) is 5.02 Å². The number of sulfonamides is 1. The van der Waals surface area contributed by atoms with Crippen molar-refractivity contribution in [1.29, 1.82) is 0 Å². The highest BCUT2D eigenvalue weighted by Gasteiger charge is 2.35. The number of hydrogen-bond donors (Lipinski definition) is 1. The highest BCUT2D eigenvalue weighted by atomic mass is 35.5. The highest BCUT2D eigenvalue weighted by molar-refractivity contribution is 7.92. The molecule has 9 heteroatoms. The summed E-state index contributed by atoms with van der Waals surface area (Å²) >= 11 is 6.06. The van der Waals surface area contributed by atoms with Crippen LogP contribution in [0.3, 0.4) is 0 Å². The van der Waals surface area contributed by atoms with Gasteiger partial charge in [-0.3, -0.25) is 13.9 Å². The van der Waals surface area contributed by atoms with Gasteiger partial charge in [-0.1, -0.05) is 83.9 Å². The van der Waals surface area contributed by atoms with Gasteiger partial charge in [-0.15, -0.1) is 0 Å². The first-order valence-corrected chi connectivity index (χ1v) is 16.6. The van der Waals surface area contributed by atoms with Crippen molar-refractivity contribution in [3.8, 4) is 0 Å². The minimum atomic E-state index is -4.20. The fourth-order valence-electron chi connectivity index (χ4n) is 4.94. The molecule has 7 nitrogen and oxygen atoms in total. The van der Waals surface area contributed by atoms with Crippen molar-refractivity contribution in [3.63, 3.8) is 0 Å². The van der Waals surface area contributed by atoms with Crippen LogP contribution >= 0.6 is 11.6 Å². The Kier molecular flexibility index (Phi) is 10.7. The van der Waals surface area contributed by atoms with E-state index < -0.39 is 34.1 Å². The third-order valence-electron chi connectivity index (χ3n) is 7.21. The Bertz CT molecular complexity index is 1720. The molecule has 236 valence electrons. The SMILES string of the molecule is Cc1ccc(CN(C(=O)CN(c2cccc(C)c2)S(=O)(=O)c2ccc(Cl)cc2)C(Cc2ccccc2)C(=O)NC(C)(C)C)cc1. The van der Waals surface area contributed by atoms with Gasteiger partial charge in [-0.05, 0) is 87.7 Å². The summed E-state index contributed by atoms with van der Waals surface area (Å²) in [5.41, 5.74) is 3.36. The van der Waals surface area contributed by atoms with Crippen molar-refractivity contribution in [2.75, 3.05) is 10.8 Å². The number of hydrogen-bond acceptors (Lipinski definition) is 4. The summed E-state index contributed by atoms with van der Waals surface area (Å²) < 4.78 is 29.4. The van der Waals surface area contributed by atoms with E-state index in [2.05, 4.69) is 5.32 Å². The van der Waals surface area contributed by atoms with Gasteiger partial charge in [-0.2, -0.15) is 0 Å². The number of carbonyl (C=O) groups is 2. The van der Waals surface area contributed by atoms with Gasteiger partial charge in [0.15, 0.2) is 0 Å². The predicted octanol–water partition coefficient (Wildman–Crippen LogP) is 6.71. The van der Waals surface area contributed by atoms with Gasteiger partial charge in [0.2, 0.25) is 11.8 Å². The van der Waals surface area contributed by atoms with E-state index in [-0.39, 0.29) is 23.8 Å². The van der Waals surface area contributed by atoms with Gasteiger partial charge >= 0.3 is 0 Å². The van der Waals surface area contributed by atoms with E-state index in [9.17, 15) is 18.0 Å². The number of benzene rings is 4. The van der Waals surface area contributed by atoms with Gasteiger partial charge in [0.25, 0.3) is 10.0 Å². The van der Waals surface area contributed by atoms with Crippen molar-refractivity contribution in [3.05, 3.63) is 130 Å². The fraction of sp³-hybridized carbons (Fsp3) is 0.278. The molecular formula is C36H40ClN3O4S. The second-order valence-electron chi connectivity index (χ2n) is 12.3. The number of halogens is 1. The summed E-state index contributed by atoms with van der Waals surface area (Å²) in [6, 6.07) is 29.1. The Morgan fingerprint density at radius 3 is 2.04 bits per heavy atom. The van der Waals surface area contributed by atoms with Gasteiger partial charge in [-0.25, -0.2) is 8.42 Å². The molecule has 4 aromatic carbocycles. The van der Waals surface area contributed by atoms with Crippen molar-refractivity contribution in [1.82, 2.24) is 10.2 Å². The minimum Gasteiger partial charge on any atom is -0.350 e. The molecule has 0 radical (unpaired) electrons. The van der Waals surface area contributed by atoms with Crippen LogP contribution in [0.4, 0.5) is 5.69 Å². The summed E-state index contributed by atoms with van der Waals surface area (Å²) in [5, 5.41) is 3.44. The number of rotatable bonds is 11. The lowest BCUT2D eigenvalue weighted by atomic mass is 10.0. The van der Waals surface area contributed by atoms with Crippen molar-refractivity contribution in [2.45, 2.75) is 64.1 Å². The molecule has 0 fully saturated rings. The van der Waals surface area contributed by atoms with E-state index in [0.29, 0.717) is 10.7 Å². The average molecular weight is 646 g/mol. The molecule has 1 N–H and O–H groups in total. The normalized spacial score (nSPS) is 12.3. The van der Waals surface area contributed by atoms with Crippen molar-refractivity contribution in [2.24, 2.45) is 0 Å². The zero-order chi connectivity index (χ0) is 32.8. The molecule has 2 amide bonds. The summed E-state index contributed by atoms with van der Waals surface area (Å²) in [5.74, 6) is -0.839. The monoisotopic (exact) mass is 645 g/mol. The maximum Gasteiger partial charge on any atom is 0.264 e. The van der Waals surface area contributed by atoms with Crippen LogP contribution in [0.15, 0.2) is 108 Å². The van der Waals surface area contributed by atoms with Crippen LogP contribution in [-0.4, -0.2) is 43.3 Å². The number of nitrogens with one attached hydrogen (secondary N) is 1. The van der Waals surface area contributed by atoms with E-state index >= 15 is 0 Å². The molecule has 0 spiro atoms. The second-order valence-corrected chi connectivity index (χ2v) is 14.6. The largest absolute Gasteiger partial charge is 0.350 e. The molecule has 0 heterocycles. The van der Waals surface area contributed by atoms with Crippen LogP contribution < -0.4 is 9.62 Å². The molecule has 0 saturated heterocycles. The lowest BCUT2D eigenvalue weighted by molar-refractivity contribution is -0.140. The Balaban J connectivity index is 1.81. The zero-order valence-electron chi connectivity index (χ0n) is 26.3. The lowest BCUT2D eigenvalue weighted by Crippen LogP contribution is -2.56. The molecule has 0 aliphatic rings. The second kappa shape index (κ2) is 14.3. The number of nitrogens with zero attached hydrogens (tertiary/aromatic N) is 2. The number of carbonyl (C=O) groups excluding carboxylic acids is 2. The van der Waals surface area contributed by atoms with Crippen molar-refractivity contribution < 1.29 is 18.0 Å². The van der Waals surface area contributed by atoms with Gasteiger partial charge in [0, 0.05) is 23.5 Å². The van der Waals surface area contributed by atoms with E-state index in [0.717, 1.165) is 26.6 Å². The van der Waals surface area contributed by atoms with Crippen LogP contribution in [0.1, 0.15) is 43.0 Å². The van der Waals surface area contributed by atoms with Crippen LogP contribution in [0.25, 0.3) is 0 Å². The lowest BCUT2D eigenvalue weighted by Gasteiger charge is -2.35. The smallest absolute Gasteiger partial charge is 0.264 e. The number of aryl methyl sites for hydroxylation is 2. The topological polar surface area (TPSA) is 86.8 Å². The molecular weight excluding hydrogens is 606 g/mol. The molecule has 45 heavy (non-hydrogen) atoms. The Morgan fingerprint density at radius 2 is 1.44 bits per heavy atom. The third-order valence-corrected chi connectivity index (χ3v) is 9.25. The summed E-state index contributed by atoms with van der Waals surface area (Å²) in [7, 11) is -4.20. The molecule has 1 unspecified atom stereocenters. The summed E-state index contributed by atoms with van der Waals surface area (Å²) in [6.07, 6.45) is 0.245. The molecule has 0 aromatic heterocycles. The fourth-order valence-corrected chi connectivity index (χ4v) is 6.47. The maximum absolute atomic E-state index is 14.5. The van der Waals surface area contributed by atoms with Gasteiger partial charge in [0.1, 0.15) is 12.6 Å². The average Bonchev–Trinajstić information content (AvgIpc) is 2.98. The van der Waals surface area contributed by atoms with Crippen LogP contribution in [-0.2, 0) is 32.6 Å². The molecule has 4 aromatic rings. The minimum absolute atomic E-state index is 0.00222. The Labute approximate surface area is 271 Å². The van der Waals surface area contributed by atoms with Crippen molar-refractivity contribution >= 4 is 39.1 Å². The Morgan fingerprint density at radius 1 is 0.800 bits per heavy atom. The zero-order valence-corrected chi connectivity index (χ0v) is 27.9. The molecule has 4 rings (SSSR count). The highest BCUT2D eigenvalue weighted by Crippen LogP contribution is 2.27. The van der Waals surface area contributed by atoms with E-state index in [4.69, 9.17) is 11.6 Å². The molecule has 0 aliphatic carbocycles. The molecule has 0 saturated carbocycles. The van der Waals surface area contributed by atoms with E-state index in [1.165, 1.54) is 29.2 Å². The van der Waals surface area contributed by atoms with E-state index in [1.54, 1.807) is 18.2 Å². The standard InChI is InChI=1S/C36H40ClN3O4S/c1-26-14-16-29(17-15-26)24-39(33(35(42)38-36(3,4)5)23-28-11-7-6-8-12-28)34(41)25-40(31-13-9-10-27(2)22-31)45(43,44)32-20-18-30(37)19-21-32/h6-22,33H,23-25H2,1-5H3,(H,38,42). The first kappa shape index (κ1) is 33.7. The summed E-state index contributed by atoms with van der Waals surface area (Å²) in [6.45, 7) is 9.07. The van der Waals surface area contributed by atoms with E-state index in [1.807, 2.05) is 95.3 Å². The van der Waals surface area contributed by atoms with Crippen LogP contribution in [0.5, 0.6) is 0 Å². The predicted molar refractivity (Wildman–Crippen MR) is 181 cm³/mol. The molecule has 1 atom stereocenters. The maximum atomic E-state index is 14.5. The number of amides is 2. The molecule has 0 aliphatic heterocycles. The Hall–Kier alpha value is -4.14. The quantitative estimate of drug-likeness (QED) is 0.197. The summed E-state index contributed by atoms with van der Waals surface area (Å²) in [4.78, 5) is 30.0. The molecule has 0 bridgehead atoms. The van der Waals surface area contributed by atoms with Gasteiger partial charge in [0.05, 0.1) is 10.6 Å². The third kappa shape index (κ3) is 9.19. The number of anilines is 1. The first-order chi connectivity index (χ1) is 21.2. The van der Waals surface area contributed by atoms with Crippen LogP contribution in [0, 0.1) is 13.8 Å². The first-order valence-electron chi connectivity index (χ1n) is 14.8. The van der Waals surface area contributed by atoms with Gasteiger partial charge < -0.3 is 10.2 Å².